The molecule has 1 aliphatic heterocycles. The zero-order valence-corrected chi connectivity index (χ0v) is 20.7. The van der Waals surface area contributed by atoms with E-state index in [0.717, 1.165) is 5.56 Å². The third-order valence-corrected chi connectivity index (χ3v) is 7.13. The number of hydrogen-bond acceptors (Lipinski definition) is 4. The number of phenols is 1. The van der Waals surface area contributed by atoms with Crippen molar-refractivity contribution in [3.05, 3.63) is 119 Å². The highest BCUT2D eigenvalue weighted by Crippen LogP contribution is 2.46. The number of aliphatic hydroxyl groups is 1. The van der Waals surface area contributed by atoms with E-state index < -0.39 is 29.6 Å². The Morgan fingerprint density at radius 1 is 0.872 bits per heavy atom. The van der Waals surface area contributed by atoms with Gasteiger partial charge in [0.05, 0.1) is 23.6 Å². The molecule has 1 saturated heterocycles. The number of nitrogens with zero attached hydrogens (tertiary/aromatic N) is 1. The summed E-state index contributed by atoms with van der Waals surface area (Å²) in [6.07, 6.45) is -0.200. The Morgan fingerprint density at radius 2 is 1.49 bits per heavy atom. The van der Waals surface area contributed by atoms with E-state index in [0.29, 0.717) is 28.8 Å². The molecule has 39 heavy (non-hydrogen) atoms. The number of carboxylic acids is 1. The Bertz CT molecular complexity index is 1500. The minimum Gasteiger partial charge on any atom is -0.507 e. The van der Waals surface area contributed by atoms with Crippen LogP contribution in [0.2, 0.25) is 0 Å². The van der Waals surface area contributed by atoms with Crippen LogP contribution in [0.3, 0.4) is 0 Å². The third kappa shape index (κ3) is 5.24. The lowest BCUT2D eigenvalue weighted by Crippen LogP contribution is -2.55. The lowest BCUT2D eigenvalue weighted by atomic mass is 9.78. The van der Waals surface area contributed by atoms with Crippen molar-refractivity contribution in [1.29, 1.82) is 0 Å². The van der Waals surface area contributed by atoms with Gasteiger partial charge in [0.25, 0.3) is 0 Å². The number of benzene rings is 4. The van der Waals surface area contributed by atoms with Crippen LogP contribution in [0.5, 0.6) is 5.75 Å². The summed E-state index contributed by atoms with van der Waals surface area (Å²) in [6, 6.07) is 22.2. The number of rotatable bonds is 8. The van der Waals surface area contributed by atoms with Crippen LogP contribution in [0, 0.1) is 17.6 Å². The monoisotopic (exact) mass is 529 g/mol. The number of aromatic carboxylic acids is 1. The van der Waals surface area contributed by atoms with E-state index in [9.17, 15) is 28.6 Å². The van der Waals surface area contributed by atoms with Crippen molar-refractivity contribution in [3.8, 4) is 16.9 Å². The number of aliphatic hydroxyl groups excluding tert-OH is 1. The first-order chi connectivity index (χ1) is 18.7. The quantitative estimate of drug-likeness (QED) is 0.234. The Hall–Kier alpha value is -4.56. The number of β-lactam (4-membered cyclic amide) rings is 1. The second-order valence-electron chi connectivity index (χ2n) is 9.54. The Balaban J connectivity index is 1.40. The number of carbonyl (C=O) groups excluding carboxylic acids is 1. The van der Waals surface area contributed by atoms with Crippen LogP contribution in [0.25, 0.3) is 11.1 Å². The minimum atomic E-state index is -1.14. The van der Waals surface area contributed by atoms with Crippen molar-refractivity contribution >= 4 is 17.6 Å². The number of halogens is 2. The molecule has 3 atom stereocenters. The van der Waals surface area contributed by atoms with Gasteiger partial charge in [-0.1, -0.05) is 36.4 Å². The van der Waals surface area contributed by atoms with Crippen LogP contribution in [0.1, 0.15) is 46.5 Å². The molecule has 1 fully saturated rings. The number of hydrogen-bond donors (Lipinski definition) is 3. The first-order valence-electron chi connectivity index (χ1n) is 12.4. The molecule has 1 heterocycles. The summed E-state index contributed by atoms with van der Waals surface area (Å²) in [4.78, 5) is 26.0. The van der Waals surface area contributed by atoms with Crippen molar-refractivity contribution in [1.82, 2.24) is 0 Å². The van der Waals surface area contributed by atoms with Gasteiger partial charge in [-0.05, 0) is 84.1 Å². The van der Waals surface area contributed by atoms with Gasteiger partial charge in [-0.15, -0.1) is 0 Å². The van der Waals surface area contributed by atoms with Crippen LogP contribution in [0.4, 0.5) is 14.5 Å². The molecule has 8 heteroatoms. The first-order valence-corrected chi connectivity index (χ1v) is 12.4. The fourth-order valence-electron chi connectivity index (χ4n) is 5.06. The first kappa shape index (κ1) is 26.1. The molecular formula is C31H25F2NO5. The van der Waals surface area contributed by atoms with Crippen molar-refractivity contribution in [2.45, 2.75) is 25.0 Å². The van der Waals surface area contributed by atoms with Crippen molar-refractivity contribution in [2.75, 3.05) is 4.90 Å². The normalized spacial score (nSPS) is 17.5. The molecular weight excluding hydrogens is 504 g/mol. The van der Waals surface area contributed by atoms with Gasteiger partial charge in [-0.25, -0.2) is 13.6 Å². The maximum Gasteiger partial charge on any atom is 0.335 e. The molecule has 0 spiro atoms. The molecule has 6 nitrogen and oxygen atoms in total. The molecule has 0 aromatic heterocycles. The number of aromatic hydroxyl groups is 1. The van der Waals surface area contributed by atoms with Crippen molar-refractivity contribution < 1.29 is 33.7 Å². The molecule has 0 bridgehead atoms. The third-order valence-electron chi connectivity index (χ3n) is 7.13. The topological polar surface area (TPSA) is 98.1 Å². The molecule has 1 amide bonds. The van der Waals surface area contributed by atoms with Gasteiger partial charge >= 0.3 is 5.97 Å². The van der Waals surface area contributed by atoms with Crippen molar-refractivity contribution in [2.24, 2.45) is 5.92 Å². The molecule has 4 aromatic carbocycles. The van der Waals surface area contributed by atoms with Gasteiger partial charge in [0, 0.05) is 11.3 Å². The lowest BCUT2D eigenvalue weighted by molar-refractivity contribution is -0.131. The number of amides is 1. The Labute approximate surface area is 223 Å². The molecule has 0 unspecified atom stereocenters. The fourth-order valence-corrected chi connectivity index (χ4v) is 5.06. The van der Waals surface area contributed by atoms with Gasteiger partial charge < -0.3 is 20.2 Å². The van der Waals surface area contributed by atoms with E-state index in [1.165, 1.54) is 54.6 Å². The van der Waals surface area contributed by atoms with Crippen molar-refractivity contribution in [3.63, 3.8) is 0 Å². The highest BCUT2D eigenvalue weighted by Gasteiger charge is 2.48. The van der Waals surface area contributed by atoms with Crippen LogP contribution in [0.15, 0.2) is 91.0 Å². The van der Waals surface area contributed by atoms with E-state index in [1.807, 2.05) is 12.1 Å². The van der Waals surface area contributed by atoms with Gasteiger partial charge in [-0.2, -0.15) is 0 Å². The van der Waals surface area contributed by atoms with Gasteiger partial charge in [0.2, 0.25) is 5.91 Å². The summed E-state index contributed by atoms with van der Waals surface area (Å²) in [5.74, 6) is -2.71. The molecule has 0 aliphatic carbocycles. The molecule has 3 N–H and O–H groups in total. The number of phenolic OH excluding ortho intramolecular Hbond substituents is 1. The highest BCUT2D eigenvalue weighted by molar-refractivity contribution is 6.03. The number of anilines is 1. The Morgan fingerprint density at radius 3 is 2.08 bits per heavy atom. The van der Waals surface area contributed by atoms with Gasteiger partial charge in [0.15, 0.2) is 0 Å². The molecule has 198 valence electrons. The maximum atomic E-state index is 13.6. The second kappa shape index (κ2) is 10.7. The molecule has 0 saturated carbocycles. The predicted octanol–water partition coefficient (Wildman–Crippen LogP) is 6.25. The average Bonchev–Trinajstić information content (AvgIpc) is 2.93. The van der Waals surface area contributed by atoms with Gasteiger partial charge in [0.1, 0.15) is 17.4 Å². The lowest BCUT2D eigenvalue weighted by Gasteiger charge is -2.48. The maximum absolute atomic E-state index is 13.6. The largest absolute Gasteiger partial charge is 0.507 e. The molecule has 1 aliphatic rings. The summed E-state index contributed by atoms with van der Waals surface area (Å²) in [6.45, 7) is 0. The predicted molar refractivity (Wildman–Crippen MR) is 141 cm³/mol. The summed E-state index contributed by atoms with van der Waals surface area (Å²) < 4.78 is 26.8. The molecule has 5 rings (SSSR count). The standard InChI is InChI=1S/C31H25F2NO5/c32-22-8-5-19(6-9-22)27(35)16-15-26-29(34(30(26)37)24-12-10-23(33)11-13-24)20-3-1-18(2-4-20)25-14-7-21(31(38)39)17-28(25)36/h1-14,17,26-27,29,35-36H,15-16H2,(H,38,39)/t26-,27+,29-/m1/s1. The van der Waals surface area contributed by atoms with Gasteiger partial charge in [-0.3, -0.25) is 4.79 Å². The number of carboxylic acid groups (broad SMARTS) is 1. The zero-order valence-electron chi connectivity index (χ0n) is 20.7. The second-order valence-corrected chi connectivity index (χ2v) is 9.54. The summed E-state index contributed by atoms with van der Waals surface area (Å²) >= 11 is 0. The summed E-state index contributed by atoms with van der Waals surface area (Å²) in [7, 11) is 0. The average molecular weight is 530 g/mol. The van der Waals surface area contributed by atoms with E-state index in [2.05, 4.69) is 0 Å². The summed E-state index contributed by atoms with van der Waals surface area (Å²) in [5.41, 5.74) is 3.02. The zero-order chi connectivity index (χ0) is 27.7. The van der Waals surface area contributed by atoms with E-state index in [4.69, 9.17) is 5.11 Å². The highest BCUT2D eigenvalue weighted by atomic mass is 19.1. The van der Waals surface area contributed by atoms with E-state index >= 15 is 0 Å². The smallest absolute Gasteiger partial charge is 0.335 e. The summed E-state index contributed by atoms with van der Waals surface area (Å²) in [5, 5.41) is 30.1. The van der Waals surface area contributed by atoms with E-state index in [1.54, 1.807) is 29.2 Å². The number of carbonyl (C=O) groups is 2. The van der Waals surface area contributed by atoms with Crippen LogP contribution in [-0.2, 0) is 4.79 Å². The van der Waals surface area contributed by atoms with E-state index in [-0.39, 0.29) is 29.7 Å². The molecule has 0 radical (unpaired) electrons. The van der Waals surface area contributed by atoms with Crippen LogP contribution in [-0.4, -0.2) is 27.2 Å². The van der Waals surface area contributed by atoms with Crippen LogP contribution >= 0.6 is 0 Å². The minimum absolute atomic E-state index is 0.0264. The SMILES string of the molecule is O=C(O)c1ccc(-c2ccc([C@@H]3[C@@H](CC[C@H](O)c4ccc(F)cc4)C(=O)N3c3ccc(F)cc3)cc2)c(O)c1. The fraction of sp³-hybridized carbons (Fsp3) is 0.161. The van der Waals surface area contributed by atoms with Crippen LogP contribution < -0.4 is 4.90 Å². The molecule has 4 aromatic rings. The Kier molecular flexibility index (Phi) is 7.13.